The molecule has 0 radical (unpaired) electrons. The SMILES string of the molecule is CCCCN1C(=O)COc2ccc(NC(=O)c3cc(=O)c4ccc(C)c(C)c4o3)cc21. The quantitative estimate of drug-likeness (QED) is 0.669. The molecule has 0 saturated heterocycles. The standard InChI is InChI=1S/C24H24N2O5/c1-4-5-10-26-18-11-16(7-9-20(18)30-13-22(26)28)25-24(29)21-12-19(27)17-8-6-14(2)15(3)23(17)31-21/h6-9,11-12H,4-5,10,13H2,1-3H3,(H,25,29). The maximum Gasteiger partial charge on any atom is 0.291 e. The van der Waals surface area contributed by atoms with E-state index in [1.807, 2.05) is 19.9 Å². The first-order chi connectivity index (χ1) is 14.9. The molecule has 0 atom stereocenters. The second-order valence-corrected chi connectivity index (χ2v) is 7.68. The maximum absolute atomic E-state index is 12.8. The number of anilines is 2. The molecular formula is C24H24N2O5. The van der Waals surface area contributed by atoms with Crippen molar-refractivity contribution >= 4 is 34.2 Å². The summed E-state index contributed by atoms with van der Waals surface area (Å²) in [4.78, 5) is 39.3. The number of aryl methyl sites for hydroxylation is 2. The first-order valence-corrected chi connectivity index (χ1v) is 10.3. The number of fused-ring (bicyclic) bond motifs is 2. The van der Waals surface area contributed by atoms with E-state index in [1.54, 1.807) is 29.2 Å². The molecule has 1 aliphatic rings. The summed E-state index contributed by atoms with van der Waals surface area (Å²) in [5.74, 6) is -0.130. The lowest BCUT2D eigenvalue weighted by molar-refractivity contribution is -0.121. The molecule has 1 N–H and O–H groups in total. The van der Waals surface area contributed by atoms with E-state index < -0.39 is 5.91 Å². The van der Waals surface area contributed by atoms with Crippen LogP contribution in [0.5, 0.6) is 5.75 Å². The van der Waals surface area contributed by atoms with Crippen LogP contribution in [0.3, 0.4) is 0 Å². The molecule has 0 fully saturated rings. The van der Waals surface area contributed by atoms with Crippen LogP contribution in [0.2, 0.25) is 0 Å². The molecule has 2 aromatic carbocycles. The van der Waals surface area contributed by atoms with Gasteiger partial charge in [0.05, 0.1) is 11.1 Å². The minimum atomic E-state index is -0.539. The number of hydrogen-bond donors (Lipinski definition) is 1. The van der Waals surface area contributed by atoms with E-state index in [9.17, 15) is 14.4 Å². The van der Waals surface area contributed by atoms with Gasteiger partial charge in [-0.1, -0.05) is 19.4 Å². The van der Waals surface area contributed by atoms with Gasteiger partial charge in [0.1, 0.15) is 11.3 Å². The molecule has 0 saturated carbocycles. The van der Waals surface area contributed by atoms with Crippen LogP contribution in [0, 0.1) is 13.8 Å². The molecule has 2 heterocycles. The zero-order valence-electron chi connectivity index (χ0n) is 17.8. The number of carbonyl (C=O) groups is 2. The minimum Gasteiger partial charge on any atom is -0.482 e. The van der Waals surface area contributed by atoms with Gasteiger partial charge in [-0.15, -0.1) is 0 Å². The topological polar surface area (TPSA) is 88.9 Å². The molecule has 7 nitrogen and oxygen atoms in total. The highest BCUT2D eigenvalue weighted by molar-refractivity contribution is 6.04. The Labute approximate surface area is 179 Å². The Bertz CT molecular complexity index is 1240. The second kappa shape index (κ2) is 8.26. The van der Waals surface area contributed by atoms with Crippen molar-refractivity contribution in [3.05, 3.63) is 63.5 Å². The molecule has 160 valence electrons. The fraction of sp³-hybridized carbons (Fsp3) is 0.292. The van der Waals surface area contributed by atoms with Crippen molar-refractivity contribution in [1.29, 1.82) is 0 Å². The monoisotopic (exact) mass is 420 g/mol. The van der Waals surface area contributed by atoms with Crippen molar-refractivity contribution in [2.75, 3.05) is 23.4 Å². The molecular weight excluding hydrogens is 396 g/mol. The first-order valence-electron chi connectivity index (χ1n) is 10.3. The first kappa shape index (κ1) is 20.7. The number of hydrogen-bond acceptors (Lipinski definition) is 5. The summed E-state index contributed by atoms with van der Waals surface area (Å²) < 4.78 is 11.3. The van der Waals surface area contributed by atoms with Crippen LogP contribution in [-0.4, -0.2) is 25.0 Å². The van der Waals surface area contributed by atoms with Crippen molar-refractivity contribution in [3.63, 3.8) is 0 Å². The van der Waals surface area contributed by atoms with Gasteiger partial charge in [-0.3, -0.25) is 14.4 Å². The smallest absolute Gasteiger partial charge is 0.291 e. The Kier molecular flexibility index (Phi) is 5.50. The molecule has 31 heavy (non-hydrogen) atoms. The Balaban J connectivity index is 1.65. The number of ether oxygens (including phenoxy) is 1. The van der Waals surface area contributed by atoms with Crippen LogP contribution in [0.4, 0.5) is 11.4 Å². The summed E-state index contributed by atoms with van der Waals surface area (Å²) in [6, 6.07) is 9.88. The molecule has 3 aromatic rings. The van der Waals surface area contributed by atoms with Crippen LogP contribution >= 0.6 is 0 Å². The van der Waals surface area contributed by atoms with Crippen LogP contribution in [0.25, 0.3) is 11.0 Å². The van der Waals surface area contributed by atoms with Gasteiger partial charge in [-0.05, 0) is 55.7 Å². The number of rotatable bonds is 5. The van der Waals surface area contributed by atoms with Crippen LogP contribution in [0.15, 0.2) is 45.6 Å². The summed E-state index contributed by atoms with van der Waals surface area (Å²) in [6.07, 6.45) is 1.82. The number of carbonyl (C=O) groups excluding carboxylic acids is 2. The molecule has 0 aliphatic carbocycles. The average Bonchev–Trinajstić information content (AvgIpc) is 2.75. The molecule has 0 spiro atoms. The van der Waals surface area contributed by atoms with Gasteiger partial charge in [0.25, 0.3) is 11.8 Å². The Morgan fingerprint density at radius 2 is 1.94 bits per heavy atom. The van der Waals surface area contributed by atoms with Gasteiger partial charge >= 0.3 is 0 Å². The molecule has 0 bridgehead atoms. The van der Waals surface area contributed by atoms with Gasteiger partial charge in [-0.25, -0.2) is 0 Å². The number of nitrogens with one attached hydrogen (secondary N) is 1. The van der Waals surface area contributed by atoms with E-state index in [0.717, 1.165) is 24.0 Å². The summed E-state index contributed by atoms with van der Waals surface area (Å²) >= 11 is 0. The zero-order valence-corrected chi connectivity index (χ0v) is 17.8. The molecule has 2 amide bonds. The molecule has 1 aliphatic heterocycles. The highest BCUT2D eigenvalue weighted by Crippen LogP contribution is 2.35. The number of benzene rings is 2. The van der Waals surface area contributed by atoms with Crippen molar-refractivity contribution in [2.45, 2.75) is 33.6 Å². The van der Waals surface area contributed by atoms with Gasteiger partial charge in [-0.2, -0.15) is 0 Å². The molecule has 7 heteroatoms. The highest BCUT2D eigenvalue weighted by Gasteiger charge is 2.25. The number of amides is 2. The zero-order chi connectivity index (χ0) is 22.1. The second-order valence-electron chi connectivity index (χ2n) is 7.68. The van der Waals surface area contributed by atoms with Gasteiger partial charge in [0.15, 0.2) is 17.8 Å². The lowest BCUT2D eigenvalue weighted by Crippen LogP contribution is -2.39. The third-order valence-corrected chi connectivity index (χ3v) is 5.54. The predicted octanol–water partition coefficient (Wildman–Crippen LogP) is 4.19. The fourth-order valence-corrected chi connectivity index (χ4v) is 3.60. The Morgan fingerprint density at radius 1 is 1.13 bits per heavy atom. The lowest BCUT2D eigenvalue weighted by Gasteiger charge is -2.29. The third kappa shape index (κ3) is 3.91. The summed E-state index contributed by atoms with van der Waals surface area (Å²) in [5.41, 5.74) is 3.03. The van der Waals surface area contributed by atoms with Gasteiger partial charge in [0.2, 0.25) is 0 Å². The number of nitrogens with zero attached hydrogens (tertiary/aromatic N) is 1. The van der Waals surface area contributed by atoms with Crippen LogP contribution < -0.4 is 20.4 Å². The fourth-order valence-electron chi connectivity index (χ4n) is 3.60. The van der Waals surface area contributed by atoms with E-state index in [2.05, 4.69) is 12.2 Å². The van der Waals surface area contributed by atoms with E-state index in [0.29, 0.717) is 34.6 Å². The van der Waals surface area contributed by atoms with Gasteiger partial charge < -0.3 is 19.4 Å². The highest BCUT2D eigenvalue weighted by atomic mass is 16.5. The van der Waals surface area contributed by atoms with Crippen LogP contribution in [0.1, 0.15) is 41.4 Å². The van der Waals surface area contributed by atoms with Crippen molar-refractivity contribution in [1.82, 2.24) is 0 Å². The molecule has 1 aromatic heterocycles. The van der Waals surface area contributed by atoms with E-state index in [4.69, 9.17) is 9.15 Å². The number of unbranched alkanes of at least 4 members (excludes halogenated alkanes) is 1. The Hall–Kier alpha value is -3.61. The Morgan fingerprint density at radius 3 is 2.71 bits per heavy atom. The van der Waals surface area contributed by atoms with Gasteiger partial charge in [0, 0.05) is 18.3 Å². The summed E-state index contributed by atoms with van der Waals surface area (Å²) in [7, 11) is 0. The minimum absolute atomic E-state index is 0.00341. The molecule has 0 unspecified atom stereocenters. The van der Waals surface area contributed by atoms with E-state index >= 15 is 0 Å². The van der Waals surface area contributed by atoms with E-state index in [-0.39, 0.29) is 23.7 Å². The largest absolute Gasteiger partial charge is 0.482 e. The summed E-state index contributed by atoms with van der Waals surface area (Å²) in [6.45, 7) is 6.42. The summed E-state index contributed by atoms with van der Waals surface area (Å²) in [5, 5.41) is 3.20. The molecule has 4 rings (SSSR count). The lowest BCUT2D eigenvalue weighted by atomic mass is 10.1. The average molecular weight is 420 g/mol. The van der Waals surface area contributed by atoms with Crippen molar-refractivity contribution < 1.29 is 18.7 Å². The van der Waals surface area contributed by atoms with Crippen molar-refractivity contribution in [3.8, 4) is 5.75 Å². The van der Waals surface area contributed by atoms with Crippen molar-refractivity contribution in [2.24, 2.45) is 0 Å². The van der Waals surface area contributed by atoms with E-state index in [1.165, 1.54) is 6.07 Å². The normalized spacial score (nSPS) is 13.1. The third-order valence-electron chi connectivity index (χ3n) is 5.54. The maximum atomic E-state index is 12.8. The van der Waals surface area contributed by atoms with Crippen LogP contribution in [-0.2, 0) is 4.79 Å². The predicted molar refractivity (Wildman–Crippen MR) is 119 cm³/mol.